The van der Waals surface area contributed by atoms with Gasteiger partial charge in [0, 0.05) is 11.5 Å². The van der Waals surface area contributed by atoms with Gasteiger partial charge < -0.3 is 14.8 Å². The molecule has 2 atom stereocenters. The molecule has 0 unspecified atom stereocenters. The van der Waals surface area contributed by atoms with Gasteiger partial charge in [-0.25, -0.2) is 18.0 Å². The number of nitrogens with one attached hydrogen (secondary N) is 1. The molecular formula is C20H24F3NO3. The Morgan fingerprint density at radius 2 is 1.89 bits per heavy atom. The van der Waals surface area contributed by atoms with Gasteiger partial charge in [0.05, 0.1) is 19.1 Å². The standard InChI is InChI=1S/C20H24F3NO3/c1-19(2,3)27-18(25)24-10-6-7-12-13(20(4,5)23)11-26-17-15(22)9-8-14(21)16(12)17/h8-9,12-13H,10-11H2,1-5H3,(H,24,25)/t12-,13-/m0/s1. The van der Waals surface area contributed by atoms with Crippen molar-refractivity contribution in [3.8, 4) is 17.6 Å². The summed E-state index contributed by atoms with van der Waals surface area (Å²) in [7, 11) is 0. The van der Waals surface area contributed by atoms with Crippen molar-refractivity contribution in [2.45, 2.75) is 51.8 Å². The van der Waals surface area contributed by atoms with Gasteiger partial charge in [0.2, 0.25) is 0 Å². The number of ether oxygens (including phenoxy) is 2. The fourth-order valence-corrected chi connectivity index (χ4v) is 2.81. The molecule has 0 saturated heterocycles. The number of hydrogen-bond acceptors (Lipinski definition) is 3. The molecule has 1 aromatic carbocycles. The average Bonchev–Trinajstić information content (AvgIpc) is 2.52. The van der Waals surface area contributed by atoms with Gasteiger partial charge in [0.25, 0.3) is 0 Å². The van der Waals surface area contributed by atoms with Crippen molar-refractivity contribution >= 4 is 6.09 Å². The Hall–Kier alpha value is -2.36. The summed E-state index contributed by atoms with van der Waals surface area (Å²) in [6.45, 7) is 7.66. The summed E-state index contributed by atoms with van der Waals surface area (Å²) < 4.78 is 53.4. The topological polar surface area (TPSA) is 47.6 Å². The second kappa shape index (κ2) is 7.71. The molecule has 148 valence electrons. The number of carbonyl (C=O) groups is 1. The maximum absolute atomic E-state index is 14.6. The lowest BCUT2D eigenvalue weighted by Crippen LogP contribution is -2.39. The molecule has 0 fully saturated rings. The number of amides is 1. The van der Waals surface area contributed by atoms with Gasteiger partial charge in [0.1, 0.15) is 17.1 Å². The summed E-state index contributed by atoms with van der Waals surface area (Å²) >= 11 is 0. The number of rotatable bonds is 2. The lowest BCUT2D eigenvalue weighted by Gasteiger charge is -2.36. The van der Waals surface area contributed by atoms with Crippen molar-refractivity contribution in [3.63, 3.8) is 0 Å². The molecule has 7 heteroatoms. The maximum atomic E-state index is 14.6. The van der Waals surface area contributed by atoms with Gasteiger partial charge in [0.15, 0.2) is 11.6 Å². The third-order valence-electron chi connectivity index (χ3n) is 4.07. The van der Waals surface area contributed by atoms with Gasteiger partial charge in [-0.3, -0.25) is 0 Å². The number of hydrogen-bond donors (Lipinski definition) is 1. The van der Waals surface area contributed by atoms with E-state index in [0.29, 0.717) is 0 Å². The van der Waals surface area contributed by atoms with Gasteiger partial charge in [-0.2, -0.15) is 0 Å². The first-order chi connectivity index (χ1) is 12.4. The Morgan fingerprint density at radius 1 is 1.26 bits per heavy atom. The maximum Gasteiger partial charge on any atom is 0.408 e. The first kappa shape index (κ1) is 20.9. The van der Waals surface area contributed by atoms with Crippen LogP contribution in [0.15, 0.2) is 12.1 Å². The third kappa shape index (κ3) is 5.31. The van der Waals surface area contributed by atoms with E-state index >= 15 is 0 Å². The van der Waals surface area contributed by atoms with Crippen LogP contribution in [-0.2, 0) is 4.74 Å². The van der Waals surface area contributed by atoms with Gasteiger partial charge >= 0.3 is 6.09 Å². The van der Waals surface area contributed by atoms with Crippen LogP contribution >= 0.6 is 0 Å². The zero-order chi connectivity index (χ0) is 20.4. The van der Waals surface area contributed by atoms with Crippen LogP contribution in [0.25, 0.3) is 0 Å². The number of carbonyl (C=O) groups excluding carboxylic acids is 1. The van der Waals surface area contributed by atoms with Crippen molar-refractivity contribution in [2.24, 2.45) is 5.92 Å². The van der Waals surface area contributed by atoms with E-state index in [9.17, 15) is 18.0 Å². The monoisotopic (exact) mass is 383 g/mol. The van der Waals surface area contributed by atoms with E-state index in [1.54, 1.807) is 20.8 Å². The minimum Gasteiger partial charge on any atom is -0.490 e. The molecule has 0 aromatic heterocycles. The Balaban J connectivity index is 2.25. The number of halogens is 3. The first-order valence-electron chi connectivity index (χ1n) is 8.65. The summed E-state index contributed by atoms with van der Waals surface area (Å²) in [6.07, 6.45) is -0.649. The van der Waals surface area contributed by atoms with E-state index in [1.165, 1.54) is 13.8 Å². The van der Waals surface area contributed by atoms with Crippen LogP contribution in [0.3, 0.4) is 0 Å². The minimum atomic E-state index is -1.73. The molecule has 0 bridgehead atoms. The molecule has 27 heavy (non-hydrogen) atoms. The molecule has 1 aliphatic heterocycles. The Labute approximate surface area is 157 Å². The van der Waals surface area contributed by atoms with E-state index in [0.717, 1.165) is 12.1 Å². The van der Waals surface area contributed by atoms with E-state index in [2.05, 4.69) is 17.2 Å². The van der Waals surface area contributed by atoms with Gasteiger partial charge in [-0.1, -0.05) is 11.8 Å². The fourth-order valence-electron chi connectivity index (χ4n) is 2.81. The van der Waals surface area contributed by atoms with E-state index < -0.39 is 40.8 Å². The molecule has 1 amide bonds. The highest BCUT2D eigenvalue weighted by Gasteiger charge is 2.43. The normalized spacial score (nSPS) is 19.3. The van der Waals surface area contributed by atoms with Crippen LogP contribution in [0.2, 0.25) is 0 Å². The second-order valence-electron chi connectivity index (χ2n) is 7.91. The molecule has 1 aromatic rings. The van der Waals surface area contributed by atoms with Crippen LogP contribution in [-0.4, -0.2) is 30.5 Å². The van der Waals surface area contributed by atoms with Crippen LogP contribution in [0.5, 0.6) is 5.75 Å². The Bertz CT molecular complexity index is 770. The SMILES string of the molecule is CC(C)(C)OC(=O)NCC#C[C@@H]1c2c(F)ccc(F)c2OC[C@@H]1C(C)(C)F. The predicted molar refractivity (Wildman–Crippen MR) is 95.3 cm³/mol. The second-order valence-corrected chi connectivity index (χ2v) is 7.91. The molecular weight excluding hydrogens is 359 g/mol. The number of alkyl carbamates (subject to hydrolysis) is 1. The quantitative estimate of drug-likeness (QED) is 0.773. The highest BCUT2D eigenvalue weighted by molar-refractivity contribution is 5.68. The number of alkyl halides is 1. The van der Waals surface area contributed by atoms with E-state index in [-0.39, 0.29) is 24.5 Å². The van der Waals surface area contributed by atoms with Crippen molar-refractivity contribution in [3.05, 3.63) is 29.3 Å². The van der Waals surface area contributed by atoms with Crippen LogP contribution in [0.4, 0.5) is 18.0 Å². The van der Waals surface area contributed by atoms with Crippen LogP contribution < -0.4 is 10.1 Å². The molecule has 0 spiro atoms. The molecule has 1 heterocycles. The largest absolute Gasteiger partial charge is 0.490 e. The van der Waals surface area contributed by atoms with E-state index in [4.69, 9.17) is 9.47 Å². The predicted octanol–water partition coefficient (Wildman–Crippen LogP) is 4.33. The molecule has 2 rings (SSSR count). The van der Waals surface area contributed by atoms with Crippen molar-refractivity contribution < 1.29 is 27.4 Å². The lowest BCUT2D eigenvalue weighted by molar-refractivity contribution is 0.0531. The van der Waals surface area contributed by atoms with Crippen LogP contribution in [0, 0.1) is 29.4 Å². The lowest BCUT2D eigenvalue weighted by atomic mass is 9.76. The molecule has 0 radical (unpaired) electrons. The fraction of sp³-hybridized carbons (Fsp3) is 0.550. The zero-order valence-electron chi connectivity index (χ0n) is 16.1. The average molecular weight is 383 g/mol. The molecule has 4 nitrogen and oxygen atoms in total. The summed E-state index contributed by atoms with van der Waals surface area (Å²) in [6, 6.07) is 1.93. The Kier molecular flexibility index (Phi) is 5.98. The molecule has 1 aliphatic rings. The minimum absolute atomic E-state index is 0.0715. The zero-order valence-corrected chi connectivity index (χ0v) is 16.1. The van der Waals surface area contributed by atoms with Gasteiger partial charge in [-0.15, -0.1) is 0 Å². The molecule has 0 saturated carbocycles. The first-order valence-corrected chi connectivity index (χ1v) is 8.65. The third-order valence-corrected chi connectivity index (χ3v) is 4.07. The number of fused-ring (bicyclic) bond motifs is 1. The summed E-state index contributed by atoms with van der Waals surface area (Å²) in [5, 5.41) is 2.45. The molecule has 1 N–H and O–H groups in total. The van der Waals surface area contributed by atoms with Gasteiger partial charge in [-0.05, 0) is 46.8 Å². The Morgan fingerprint density at radius 3 is 2.48 bits per heavy atom. The summed E-state index contributed by atoms with van der Waals surface area (Å²) in [5.74, 6) is 2.08. The van der Waals surface area contributed by atoms with E-state index in [1.807, 2.05) is 0 Å². The molecule has 0 aliphatic carbocycles. The highest BCUT2D eigenvalue weighted by Crippen LogP contribution is 2.44. The van der Waals surface area contributed by atoms with Crippen molar-refractivity contribution in [2.75, 3.05) is 13.2 Å². The van der Waals surface area contributed by atoms with Crippen molar-refractivity contribution in [1.82, 2.24) is 5.32 Å². The highest BCUT2D eigenvalue weighted by atomic mass is 19.1. The number of benzene rings is 1. The summed E-state index contributed by atoms with van der Waals surface area (Å²) in [4.78, 5) is 11.6. The smallest absolute Gasteiger partial charge is 0.408 e. The van der Waals surface area contributed by atoms with Crippen LogP contribution in [0.1, 0.15) is 46.1 Å². The van der Waals surface area contributed by atoms with Crippen molar-refractivity contribution in [1.29, 1.82) is 0 Å². The summed E-state index contributed by atoms with van der Waals surface area (Å²) in [5.41, 5.74) is -2.48.